The number of aromatic nitrogens is 4. The van der Waals surface area contributed by atoms with Crippen molar-refractivity contribution in [1.29, 1.82) is 0 Å². The van der Waals surface area contributed by atoms with E-state index in [0.29, 0.717) is 39.4 Å². The highest BCUT2D eigenvalue weighted by Gasteiger charge is 2.33. The van der Waals surface area contributed by atoms with Gasteiger partial charge in [-0.25, -0.2) is 14.8 Å². The Labute approximate surface area is 211 Å². The molecule has 8 nitrogen and oxygen atoms in total. The summed E-state index contributed by atoms with van der Waals surface area (Å²) in [4.78, 5) is 20.3. The fourth-order valence-corrected chi connectivity index (χ4v) is 4.37. The van der Waals surface area contributed by atoms with Gasteiger partial charge in [-0.3, -0.25) is 4.57 Å². The third-order valence-electron chi connectivity index (χ3n) is 5.68. The Morgan fingerprint density at radius 1 is 1.14 bits per heavy atom. The molecule has 0 aliphatic rings. The van der Waals surface area contributed by atoms with Gasteiger partial charge in [0.05, 0.1) is 16.3 Å². The molecule has 0 fully saturated rings. The number of hydrogen-bond acceptors (Lipinski definition) is 6. The molecule has 4 aromatic heterocycles. The van der Waals surface area contributed by atoms with Gasteiger partial charge in [0.15, 0.2) is 5.82 Å². The number of fused-ring (bicyclic) bond motifs is 1. The molecule has 0 bridgehead atoms. The minimum absolute atomic E-state index is 0.00385. The highest BCUT2D eigenvalue weighted by molar-refractivity contribution is 6.32. The molecular formula is C25H16ClF3N4O4. The number of pyridine rings is 2. The first-order valence-corrected chi connectivity index (χ1v) is 11.1. The van der Waals surface area contributed by atoms with Crippen LogP contribution in [-0.2, 0) is 0 Å². The highest BCUT2D eigenvalue weighted by atomic mass is 35.5. The van der Waals surface area contributed by atoms with Crippen LogP contribution in [0, 0.1) is 13.8 Å². The average Bonchev–Trinajstić information content (AvgIpc) is 3.37. The molecule has 5 rings (SSSR count). The number of aryl methyl sites for hydroxylation is 2. The van der Waals surface area contributed by atoms with E-state index in [1.807, 2.05) is 0 Å². The SMILES string of the molecule is Cc1noc(C)c1-c1cnc2c(c1)c(-c1ccc(C(=O)O)cc1OC(F)(F)F)cn2-c1ncccc1Cl. The maximum atomic E-state index is 13.3. The largest absolute Gasteiger partial charge is 0.573 e. The lowest BCUT2D eigenvalue weighted by Crippen LogP contribution is -2.18. The van der Waals surface area contributed by atoms with Crippen LogP contribution in [0.2, 0.25) is 5.02 Å². The van der Waals surface area contributed by atoms with E-state index in [9.17, 15) is 23.1 Å². The second kappa shape index (κ2) is 8.93. The van der Waals surface area contributed by atoms with E-state index in [1.54, 1.807) is 42.8 Å². The Hall–Kier alpha value is -4.38. The van der Waals surface area contributed by atoms with E-state index in [-0.39, 0.29) is 21.7 Å². The van der Waals surface area contributed by atoms with Gasteiger partial charge >= 0.3 is 12.3 Å². The van der Waals surface area contributed by atoms with Gasteiger partial charge in [-0.1, -0.05) is 16.8 Å². The third kappa shape index (κ3) is 4.49. The zero-order valence-corrected chi connectivity index (χ0v) is 19.9. The summed E-state index contributed by atoms with van der Waals surface area (Å²) in [6, 6.07) is 8.28. The molecule has 1 aromatic carbocycles. The van der Waals surface area contributed by atoms with Crippen molar-refractivity contribution in [3.63, 3.8) is 0 Å². The molecular weight excluding hydrogens is 513 g/mol. The number of carbonyl (C=O) groups is 1. The van der Waals surface area contributed by atoms with Crippen molar-refractivity contribution in [2.24, 2.45) is 0 Å². The molecule has 0 aliphatic heterocycles. The van der Waals surface area contributed by atoms with Crippen LogP contribution < -0.4 is 4.74 Å². The fourth-order valence-electron chi connectivity index (χ4n) is 4.16. The lowest BCUT2D eigenvalue weighted by Gasteiger charge is -2.14. The van der Waals surface area contributed by atoms with Crippen LogP contribution >= 0.6 is 11.6 Å². The molecule has 5 aromatic rings. The Bertz CT molecular complexity index is 1660. The number of nitrogens with zero attached hydrogens (tertiary/aromatic N) is 4. The molecule has 12 heteroatoms. The number of alkyl halides is 3. The van der Waals surface area contributed by atoms with Gasteiger partial charge < -0.3 is 14.4 Å². The molecule has 37 heavy (non-hydrogen) atoms. The van der Waals surface area contributed by atoms with Crippen LogP contribution in [0.15, 0.2) is 59.5 Å². The van der Waals surface area contributed by atoms with Crippen molar-refractivity contribution < 1.29 is 32.3 Å². The molecule has 0 radical (unpaired) electrons. The number of hydrogen-bond donors (Lipinski definition) is 1. The Morgan fingerprint density at radius 3 is 2.57 bits per heavy atom. The molecule has 0 unspecified atom stereocenters. The van der Waals surface area contributed by atoms with Crippen LogP contribution in [0.3, 0.4) is 0 Å². The molecule has 0 saturated carbocycles. The van der Waals surface area contributed by atoms with Crippen molar-refractivity contribution in [3.8, 4) is 33.8 Å². The summed E-state index contributed by atoms with van der Waals surface area (Å²) in [6.07, 6.45) is -0.423. The Morgan fingerprint density at radius 2 is 1.92 bits per heavy atom. The molecule has 4 heterocycles. The normalized spacial score (nSPS) is 11.7. The second-order valence-electron chi connectivity index (χ2n) is 8.08. The standard InChI is InChI=1S/C25H16ClF3N4O4/c1-12-21(13(2)37-32-12)15-8-17-18(11-33(22(17)31-10-15)23-19(26)4-3-7-30-23)16-6-5-14(24(34)35)9-20(16)36-25(27,28)29/h3-11H,1-2H3,(H,34,35). The molecule has 0 amide bonds. The molecule has 0 spiro atoms. The summed E-state index contributed by atoms with van der Waals surface area (Å²) in [5, 5.41) is 14.0. The van der Waals surface area contributed by atoms with Gasteiger partial charge in [-0.2, -0.15) is 0 Å². The topological polar surface area (TPSA) is 103 Å². The van der Waals surface area contributed by atoms with Crippen molar-refractivity contribution in [1.82, 2.24) is 19.7 Å². The maximum absolute atomic E-state index is 13.3. The predicted octanol–water partition coefficient (Wildman–Crippen LogP) is 6.61. The summed E-state index contributed by atoms with van der Waals surface area (Å²) < 4.78 is 51.0. The average molecular weight is 529 g/mol. The van der Waals surface area contributed by atoms with E-state index >= 15 is 0 Å². The molecule has 188 valence electrons. The van der Waals surface area contributed by atoms with Gasteiger partial charge in [0.1, 0.15) is 17.2 Å². The maximum Gasteiger partial charge on any atom is 0.573 e. The van der Waals surface area contributed by atoms with Crippen LogP contribution in [0.5, 0.6) is 5.75 Å². The van der Waals surface area contributed by atoms with Crippen LogP contribution in [-0.4, -0.2) is 37.1 Å². The van der Waals surface area contributed by atoms with Gasteiger partial charge in [0.25, 0.3) is 0 Å². The number of aromatic carboxylic acids is 1. The quantitative estimate of drug-likeness (QED) is 0.274. The Kier molecular flexibility index (Phi) is 5.87. The number of halogens is 4. The highest BCUT2D eigenvalue weighted by Crippen LogP contribution is 2.41. The van der Waals surface area contributed by atoms with Crippen LogP contribution in [0.4, 0.5) is 13.2 Å². The molecule has 0 atom stereocenters. The molecule has 0 aliphatic carbocycles. The number of benzene rings is 1. The summed E-state index contributed by atoms with van der Waals surface area (Å²) in [6.45, 7) is 3.49. The summed E-state index contributed by atoms with van der Waals surface area (Å²) in [5.74, 6) is -1.23. The fraction of sp³-hybridized carbons (Fsp3) is 0.120. The number of carboxylic acid groups (broad SMARTS) is 1. The predicted molar refractivity (Wildman–Crippen MR) is 128 cm³/mol. The van der Waals surface area contributed by atoms with Gasteiger partial charge in [-0.15, -0.1) is 13.2 Å². The van der Waals surface area contributed by atoms with Gasteiger partial charge in [0.2, 0.25) is 0 Å². The van der Waals surface area contributed by atoms with Gasteiger partial charge in [-0.05, 0) is 50.2 Å². The zero-order valence-electron chi connectivity index (χ0n) is 19.2. The lowest BCUT2D eigenvalue weighted by molar-refractivity contribution is -0.274. The van der Waals surface area contributed by atoms with Gasteiger partial charge in [0, 0.05) is 46.2 Å². The minimum atomic E-state index is -5.06. The number of rotatable bonds is 5. The number of carboxylic acids is 1. The molecule has 0 saturated heterocycles. The summed E-state index contributed by atoms with van der Waals surface area (Å²) in [5.41, 5.74) is 2.19. The first-order valence-electron chi connectivity index (χ1n) is 10.7. The minimum Gasteiger partial charge on any atom is -0.478 e. The molecule has 1 N–H and O–H groups in total. The summed E-state index contributed by atoms with van der Waals surface area (Å²) in [7, 11) is 0. The second-order valence-corrected chi connectivity index (χ2v) is 8.49. The van der Waals surface area contributed by atoms with E-state index in [1.165, 1.54) is 24.5 Å². The van der Waals surface area contributed by atoms with Crippen LogP contribution in [0.1, 0.15) is 21.8 Å². The lowest BCUT2D eigenvalue weighted by atomic mass is 10.00. The van der Waals surface area contributed by atoms with Crippen molar-refractivity contribution >= 4 is 28.6 Å². The van der Waals surface area contributed by atoms with E-state index < -0.39 is 18.1 Å². The Balaban J connectivity index is 1.83. The third-order valence-corrected chi connectivity index (χ3v) is 5.97. The first-order chi connectivity index (χ1) is 17.5. The van der Waals surface area contributed by atoms with Crippen molar-refractivity contribution in [3.05, 3.63) is 77.0 Å². The van der Waals surface area contributed by atoms with Crippen molar-refractivity contribution in [2.75, 3.05) is 0 Å². The smallest absolute Gasteiger partial charge is 0.478 e. The number of ether oxygens (including phenoxy) is 1. The van der Waals surface area contributed by atoms with Crippen LogP contribution in [0.25, 0.3) is 39.1 Å². The summed E-state index contributed by atoms with van der Waals surface area (Å²) >= 11 is 6.37. The monoisotopic (exact) mass is 528 g/mol. The van der Waals surface area contributed by atoms with E-state index in [4.69, 9.17) is 16.1 Å². The first kappa shape index (κ1) is 24.3. The zero-order chi connectivity index (χ0) is 26.5. The van der Waals surface area contributed by atoms with Crippen molar-refractivity contribution in [2.45, 2.75) is 20.2 Å². The van der Waals surface area contributed by atoms with E-state index in [0.717, 1.165) is 6.07 Å². The van der Waals surface area contributed by atoms with E-state index in [2.05, 4.69) is 19.9 Å².